The van der Waals surface area contributed by atoms with Gasteiger partial charge in [-0.2, -0.15) is 0 Å². The molecule has 0 radical (unpaired) electrons. The zero-order valence-corrected chi connectivity index (χ0v) is 23.7. The van der Waals surface area contributed by atoms with Crippen LogP contribution in [0.3, 0.4) is 0 Å². The van der Waals surface area contributed by atoms with Gasteiger partial charge < -0.3 is 14.2 Å². The third-order valence-electron chi connectivity index (χ3n) is 8.84. The fraction of sp³-hybridized carbons (Fsp3) is 0.500. The number of aryl methyl sites for hydroxylation is 1. The second-order valence-electron chi connectivity index (χ2n) is 11.7. The summed E-state index contributed by atoms with van der Waals surface area (Å²) in [6, 6.07) is 10.9. The van der Waals surface area contributed by atoms with Crippen molar-refractivity contribution in [2.45, 2.75) is 77.7 Å². The van der Waals surface area contributed by atoms with Crippen molar-refractivity contribution in [3.05, 3.63) is 70.3 Å². The number of hydrogen-bond acceptors (Lipinski definition) is 4. The van der Waals surface area contributed by atoms with Crippen LogP contribution in [0.15, 0.2) is 48.3 Å². The van der Waals surface area contributed by atoms with Crippen molar-refractivity contribution in [3.63, 3.8) is 0 Å². The number of aromatic nitrogens is 3. The number of ether oxygens (including phenoxy) is 1. The molecule has 5 nitrogen and oxygen atoms in total. The second-order valence-corrected chi connectivity index (χ2v) is 12.1. The number of imidazole rings is 1. The third-order valence-corrected chi connectivity index (χ3v) is 9.18. The van der Waals surface area contributed by atoms with Gasteiger partial charge in [0.05, 0.1) is 12.8 Å². The molecule has 0 spiro atoms. The average molecular weight is 531 g/mol. The van der Waals surface area contributed by atoms with Crippen molar-refractivity contribution in [2.24, 2.45) is 11.8 Å². The predicted molar refractivity (Wildman–Crippen MR) is 155 cm³/mol. The van der Waals surface area contributed by atoms with Gasteiger partial charge in [0.25, 0.3) is 0 Å². The maximum Gasteiger partial charge on any atom is 0.238 e. The van der Waals surface area contributed by atoms with E-state index in [4.69, 9.17) is 26.3 Å². The molecule has 6 heteroatoms. The van der Waals surface area contributed by atoms with Crippen LogP contribution in [-0.4, -0.2) is 28.2 Å². The Morgan fingerprint density at radius 3 is 2.61 bits per heavy atom. The Hall–Kier alpha value is -2.79. The van der Waals surface area contributed by atoms with Gasteiger partial charge in [0.2, 0.25) is 5.88 Å². The van der Waals surface area contributed by atoms with Crippen LogP contribution < -0.4 is 9.64 Å². The van der Waals surface area contributed by atoms with Gasteiger partial charge in [0.15, 0.2) is 0 Å². The number of nitrogens with zero attached hydrogens (tertiary/aromatic N) is 4. The number of methoxy groups -OCH3 is 1. The first-order chi connectivity index (χ1) is 18.5. The number of benzene rings is 1. The standard InChI is InChI=1S/C32H39ClN4O/c1-21-6-8-23(9-7-21)17-24-10-11-27(33)26(18-24)25-5-4-15-37-20-29(34-31(25)37)28-12-13-30(32(35-28)38-3)36-16-14-22(2)19-36/h10-13,18-21,23,25H,4-9,14-17H2,1-3H3. The molecular formula is C32H39ClN4O. The zero-order valence-electron chi connectivity index (χ0n) is 22.9. The summed E-state index contributed by atoms with van der Waals surface area (Å²) in [5.41, 5.74) is 6.77. The Balaban J connectivity index is 1.27. The number of anilines is 1. The van der Waals surface area contributed by atoms with E-state index in [1.54, 1.807) is 7.11 Å². The van der Waals surface area contributed by atoms with Crippen LogP contribution >= 0.6 is 11.6 Å². The fourth-order valence-electron chi connectivity index (χ4n) is 6.58. The molecule has 0 N–H and O–H groups in total. The van der Waals surface area contributed by atoms with E-state index in [0.29, 0.717) is 5.88 Å². The lowest BCUT2D eigenvalue weighted by Crippen LogP contribution is -2.17. The van der Waals surface area contributed by atoms with Crippen molar-refractivity contribution in [2.75, 3.05) is 18.6 Å². The highest BCUT2D eigenvalue weighted by Gasteiger charge is 2.28. The number of pyridine rings is 1. The zero-order chi connectivity index (χ0) is 26.2. The molecule has 3 aromatic rings. The van der Waals surface area contributed by atoms with Crippen LogP contribution in [0, 0.1) is 11.8 Å². The van der Waals surface area contributed by atoms with Crippen molar-refractivity contribution in [3.8, 4) is 17.3 Å². The Bertz CT molecular complexity index is 1340. The molecule has 0 saturated heterocycles. The summed E-state index contributed by atoms with van der Waals surface area (Å²) in [7, 11) is 1.69. The maximum atomic E-state index is 6.84. The van der Waals surface area contributed by atoms with E-state index in [1.807, 2.05) is 0 Å². The van der Waals surface area contributed by atoms with Crippen molar-refractivity contribution >= 4 is 17.3 Å². The van der Waals surface area contributed by atoms with Crippen LogP contribution in [0.1, 0.15) is 81.7 Å². The molecule has 6 rings (SSSR count). The molecule has 200 valence electrons. The highest BCUT2D eigenvalue weighted by Crippen LogP contribution is 2.40. The summed E-state index contributed by atoms with van der Waals surface area (Å²) in [6.45, 7) is 6.49. The Kier molecular flexibility index (Phi) is 7.22. The normalized spacial score (nSPS) is 23.3. The second kappa shape index (κ2) is 10.8. The van der Waals surface area contributed by atoms with Gasteiger partial charge in [-0.1, -0.05) is 49.1 Å². The molecule has 2 aromatic heterocycles. The third kappa shape index (κ3) is 5.10. The predicted octanol–water partition coefficient (Wildman–Crippen LogP) is 8.02. The first-order valence-electron chi connectivity index (χ1n) is 14.3. The number of hydrogen-bond donors (Lipinski definition) is 0. The van der Waals surface area contributed by atoms with Crippen molar-refractivity contribution in [1.82, 2.24) is 14.5 Å². The lowest BCUT2D eigenvalue weighted by Gasteiger charge is -2.27. The topological polar surface area (TPSA) is 43.2 Å². The number of fused-ring (bicyclic) bond motifs is 1. The fourth-order valence-corrected chi connectivity index (χ4v) is 6.83. The average Bonchev–Trinajstić information content (AvgIpc) is 3.57. The van der Waals surface area contributed by atoms with Gasteiger partial charge in [-0.15, -0.1) is 0 Å². The molecule has 0 amide bonds. The van der Waals surface area contributed by atoms with E-state index in [1.165, 1.54) is 42.4 Å². The minimum atomic E-state index is 0.204. The summed E-state index contributed by atoms with van der Waals surface area (Å²) in [5.74, 6) is 3.62. The van der Waals surface area contributed by atoms with Gasteiger partial charge in [0, 0.05) is 36.4 Å². The maximum absolute atomic E-state index is 6.84. The molecule has 1 aliphatic carbocycles. The highest BCUT2D eigenvalue weighted by molar-refractivity contribution is 6.31. The van der Waals surface area contributed by atoms with Crippen molar-refractivity contribution in [1.29, 1.82) is 0 Å². The van der Waals surface area contributed by atoms with Crippen LogP contribution in [0.5, 0.6) is 5.88 Å². The molecule has 3 aliphatic rings. The van der Waals surface area contributed by atoms with E-state index < -0.39 is 0 Å². The van der Waals surface area contributed by atoms with Gasteiger partial charge in [-0.25, -0.2) is 9.97 Å². The van der Waals surface area contributed by atoms with E-state index in [0.717, 1.165) is 78.5 Å². The first-order valence-corrected chi connectivity index (χ1v) is 14.7. The largest absolute Gasteiger partial charge is 0.479 e. The smallest absolute Gasteiger partial charge is 0.238 e. The van der Waals surface area contributed by atoms with E-state index in [9.17, 15) is 0 Å². The lowest BCUT2D eigenvalue weighted by molar-refractivity contribution is 0.289. The van der Waals surface area contributed by atoms with E-state index in [-0.39, 0.29) is 5.92 Å². The van der Waals surface area contributed by atoms with Crippen LogP contribution in [0.4, 0.5) is 5.69 Å². The van der Waals surface area contributed by atoms with Gasteiger partial charge >= 0.3 is 0 Å². The van der Waals surface area contributed by atoms with Crippen LogP contribution in [0.2, 0.25) is 5.02 Å². The minimum Gasteiger partial charge on any atom is -0.479 e. The van der Waals surface area contributed by atoms with E-state index >= 15 is 0 Å². The summed E-state index contributed by atoms with van der Waals surface area (Å²) in [5, 5.41) is 0.854. The molecular weight excluding hydrogens is 492 g/mol. The Labute approximate surface area is 231 Å². The molecule has 4 heterocycles. The molecule has 1 unspecified atom stereocenters. The molecule has 1 fully saturated rings. The summed E-state index contributed by atoms with van der Waals surface area (Å²) in [6.07, 6.45) is 14.2. The molecule has 1 aromatic carbocycles. The van der Waals surface area contributed by atoms with Gasteiger partial charge in [-0.3, -0.25) is 0 Å². The van der Waals surface area contributed by atoms with Crippen LogP contribution in [-0.2, 0) is 13.0 Å². The highest BCUT2D eigenvalue weighted by atomic mass is 35.5. The first kappa shape index (κ1) is 25.5. The summed E-state index contributed by atoms with van der Waals surface area (Å²) < 4.78 is 8.02. The molecule has 38 heavy (non-hydrogen) atoms. The van der Waals surface area contributed by atoms with Crippen LogP contribution in [0.25, 0.3) is 11.4 Å². The molecule has 1 saturated carbocycles. The Morgan fingerprint density at radius 2 is 1.84 bits per heavy atom. The number of rotatable bonds is 6. The number of halogens is 1. The van der Waals surface area contributed by atoms with Gasteiger partial charge in [-0.05, 0) is 86.6 Å². The minimum absolute atomic E-state index is 0.204. The summed E-state index contributed by atoms with van der Waals surface area (Å²) in [4.78, 5) is 12.3. The lowest BCUT2D eigenvalue weighted by atomic mass is 9.79. The quantitative estimate of drug-likeness (QED) is 0.323. The SMILES string of the molecule is COc1nc(-c2cn3c(n2)C(c2cc(CC4CCC(C)CC4)ccc2Cl)CCC3)ccc1N1C=C(C)CC1. The molecule has 1 atom stereocenters. The van der Waals surface area contributed by atoms with Crippen molar-refractivity contribution < 1.29 is 4.74 Å². The Morgan fingerprint density at radius 1 is 1.00 bits per heavy atom. The summed E-state index contributed by atoms with van der Waals surface area (Å²) >= 11 is 6.84. The van der Waals surface area contributed by atoms with Gasteiger partial charge in [0.1, 0.15) is 17.2 Å². The van der Waals surface area contributed by atoms with E-state index in [2.05, 4.69) is 66.0 Å². The molecule has 2 aliphatic heterocycles. The molecule has 0 bridgehead atoms. The monoisotopic (exact) mass is 530 g/mol.